The van der Waals surface area contributed by atoms with E-state index in [0.29, 0.717) is 38.6 Å². The summed E-state index contributed by atoms with van der Waals surface area (Å²) in [5, 5.41) is 19.3. The summed E-state index contributed by atoms with van der Waals surface area (Å²) in [6.07, 6.45) is 3.39. The lowest BCUT2D eigenvalue weighted by atomic mass is 10.0. The van der Waals surface area contributed by atoms with Crippen LogP contribution in [-0.2, 0) is 6.54 Å². The zero-order valence-corrected chi connectivity index (χ0v) is 19.2. The third kappa shape index (κ3) is 4.59. The van der Waals surface area contributed by atoms with E-state index >= 15 is 0 Å². The number of carboxylic acid groups (broad SMARTS) is 1. The van der Waals surface area contributed by atoms with Crippen LogP contribution in [0.3, 0.4) is 0 Å². The molecule has 2 heterocycles. The highest BCUT2D eigenvalue weighted by molar-refractivity contribution is 6.31. The fourth-order valence-corrected chi connectivity index (χ4v) is 4.16. The zero-order chi connectivity index (χ0) is 24.5. The number of carboxylic acids is 1. The Balaban J connectivity index is 1.45. The zero-order valence-electron chi connectivity index (χ0n) is 18.4. The van der Waals surface area contributed by atoms with E-state index < -0.39 is 5.97 Å². The van der Waals surface area contributed by atoms with Crippen LogP contribution in [0.1, 0.15) is 40.6 Å². The van der Waals surface area contributed by atoms with E-state index in [1.54, 1.807) is 41.0 Å². The minimum absolute atomic E-state index is 0.155. The van der Waals surface area contributed by atoms with E-state index in [2.05, 4.69) is 9.97 Å². The number of benzene rings is 2. The number of pyridine rings is 1. The van der Waals surface area contributed by atoms with Gasteiger partial charge in [-0.15, -0.1) is 0 Å². The number of aromatic carboxylic acids is 1. The average molecular weight is 487 g/mol. The molecule has 0 atom stereocenters. The van der Waals surface area contributed by atoms with Crippen molar-refractivity contribution >= 4 is 28.5 Å². The largest absolute Gasteiger partial charge is 0.491 e. The minimum atomic E-state index is -1.03. The van der Waals surface area contributed by atoms with Crippen LogP contribution >= 0.6 is 11.6 Å². The van der Waals surface area contributed by atoms with Gasteiger partial charge in [-0.05, 0) is 54.8 Å². The van der Waals surface area contributed by atoms with Crippen LogP contribution in [-0.4, -0.2) is 32.2 Å². The number of nitriles is 1. The number of fused-ring (bicyclic) bond motifs is 1. The molecule has 2 aromatic carbocycles. The SMILES string of the molecule is N#Cc1cc2c(=O)n(CCOc3ccc(Cl)cc3-c3cccc(C(=O)O)c3)c(C3CC3)nc2cn1. The Bertz CT molecular complexity index is 1570. The molecule has 1 saturated carbocycles. The molecule has 35 heavy (non-hydrogen) atoms. The van der Waals surface area contributed by atoms with Crippen LogP contribution in [0.15, 0.2) is 59.5 Å². The van der Waals surface area contributed by atoms with Gasteiger partial charge in [0, 0.05) is 16.5 Å². The Kier molecular flexibility index (Phi) is 5.93. The van der Waals surface area contributed by atoms with Gasteiger partial charge in [-0.1, -0.05) is 23.7 Å². The van der Waals surface area contributed by atoms with Crippen molar-refractivity contribution in [2.24, 2.45) is 0 Å². The first-order chi connectivity index (χ1) is 16.9. The van der Waals surface area contributed by atoms with Gasteiger partial charge in [-0.2, -0.15) is 5.26 Å². The highest BCUT2D eigenvalue weighted by Crippen LogP contribution is 2.39. The number of nitrogens with zero attached hydrogens (tertiary/aromatic N) is 4. The van der Waals surface area contributed by atoms with Gasteiger partial charge in [0.05, 0.1) is 29.2 Å². The van der Waals surface area contributed by atoms with E-state index in [0.717, 1.165) is 12.8 Å². The van der Waals surface area contributed by atoms with Gasteiger partial charge in [0.25, 0.3) is 5.56 Å². The van der Waals surface area contributed by atoms with Crippen molar-refractivity contribution in [2.45, 2.75) is 25.3 Å². The molecule has 0 aliphatic heterocycles. The van der Waals surface area contributed by atoms with Crippen molar-refractivity contribution in [1.29, 1.82) is 5.26 Å². The van der Waals surface area contributed by atoms with Crippen molar-refractivity contribution in [3.8, 4) is 22.9 Å². The molecule has 0 spiro atoms. The van der Waals surface area contributed by atoms with Gasteiger partial charge < -0.3 is 9.84 Å². The summed E-state index contributed by atoms with van der Waals surface area (Å²) in [5.74, 6) is 0.403. The molecule has 1 aliphatic carbocycles. The van der Waals surface area contributed by atoms with Crippen molar-refractivity contribution in [2.75, 3.05) is 6.61 Å². The van der Waals surface area contributed by atoms with E-state index in [4.69, 9.17) is 21.6 Å². The molecule has 1 aliphatic rings. The summed E-state index contributed by atoms with van der Waals surface area (Å²) < 4.78 is 7.67. The Morgan fingerprint density at radius 2 is 2.06 bits per heavy atom. The van der Waals surface area contributed by atoms with Gasteiger partial charge in [-0.3, -0.25) is 9.36 Å². The Labute approximate surface area is 205 Å². The predicted molar refractivity (Wildman–Crippen MR) is 130 cm³/mol. The molecule has 2 aromatic heterocycles. The lowest BCUT2D eigenvalue weighted by Gasteiger charge is -2.16. The molecule has 8 nitrogen and oxygen atoms in total. The molecule has 0 unspecified atom stereocenters. The van der Waals surface area contributed by atoms with Gasteiger partial charge in [-0.25, -0.2) is 14.8 Å². The second kappa shape index (κ2) is 9.20. The Morgan fingerprint density at radius 3 is 2.80 bits per heavy atom. The molecule has 1 N–H and O–H groups in total. The van der Waals surface area contributed by atoms with Crippen LogP contribution in [0.2, 0.25) is 5.02 Å². The molecule has 9 heteroatoms. The van der Waals surface area contributed by atoms with Crippen LogP contribution in [0.25, 0.3) is 22.0 Å². The van der Waals surface area contributed by atoms with Crippen molar-refractivity contribution in [3.63, 3.8) is 0 Å². The molecule has 0 amide bonds. The summed E-state index contributed by atoms with van der Waals surface area (Å²) in [5.41, 5.74) is 1.87. The minimum Gasteiger partial charge on any atom is -0.491 e. The number of hydrogen-bond donors (Lipinski definition) is 1. The van der Waals surface area contributed by atoms with E-state index in [-0.39, 0.29) is 35.9 Å². The summed E-state index contributed by atoms with van der Waals surface area (Å²) >= 11 is 6.21. The van der Waals surface area contributed by atoms with Crippen LogP contribution in [0, 0.1) is 11.3 Å². The lowest BCUT2D eigenvalue weighted by molar-refractivity contribution is 0.0697. The standard InChI is InChI=1S/C26H19ClN4O4/c27-18-6-7-23(20(11-18)16-2-1-3-17(10-16)26(33)34)35-9-8-31-24(15-4-5-15)30-22-14-29-19(13-28)12-21(22)25(31)32/h1-3,6-7,10-12,14-15H,4-5,8-9H2,(H,33,34). The molecule has 0 bridgehead atoms. The predicted octanol–water partition coefficient (Wildman–Crippen LogP) is 4.64. The average Bonchev–Trinajstić information content (AvgIpc) is 3.71. The van der Waals surface area contributed by atoms with E-state index in [9.17, 15) is 14.7 Å². The third-order valence-corrected chi connectivity index (χ3v) is 6.10. The second-order valence-electron chi connectivity index (χ2n) is 8.27. The van der Waals surface area contributed by atoms with Crippen molar-refractivity contribution < 1.29 is 14.6 Å². The highest BCUT2D eigenvalue weighted by atomic mass is 35.5. The number of carbonyl (C=O) groups is 1. The number of aromatic nitrogens is 3. The fraction of sp³-hybridized carbons (Fsp3) is 0.192. The highest BCUT2D eigenvalue weighted by Gasteiger charge is 2.29. The second-order valence-corrected chi connectivity index (χ2v) is 8.71. The maximum absolute atomic E-state index is 13.3. The summed E-state index contributed by atoms with van der Waals surface area (Å²) in [6.45, 7) is 0.436. The first-order valence-electron chi connectivity index (χ1n) is 11.0. The summed E-state index contributed by atoms with van der Waals surface area (Å²) in [6, 6.07) is 15.1. The first-order valence-corrected chi connectivity index (χ1v) is 11.4. The van der Waals surface area contributed by atoms with Crippen LogP contribution in [0.5, 0.6) is 5.75 Å². The molecule has 5 rings (SSSR count). The van der Waals surface area contributed by atoms with Gasteiger partial charge >= 0.3 is 5.97 Å². The topological polar surface area (TPSA) is 118 Å². The number of ether oxygens (including phenoxy) is 1. The van der Waals surface area contributed by atoms with Gasteiger partial charge in [0.2, 0.25) is 0 Å². The fourth-order valence-electron chi connectivity index (χ4n) is 3.99. The van der Waals surface area contributed by atoms with Crippen LogP contribution < -0.4 is 10.3 Å². The van der Waals surface area contributed by atoms with E-state index in [1.165, 1.54) is 18.3 Å². The molecular weight excluding hydrogens is 468 g/mol. The smallest absolute Gasteiger partial charge is 0.335 e. The first kappa shape index (κ1) is 22.6. The Morgan fingerprint density at radius 1 is 1.23 bits per heavy atom. The van der Waals surface area contributed by atoms with E-state index in [1.807, 2.05) is 6.07 Å². The molecule has 174 valence electrons. The molecule has 4 aromatic rings. The summed E-state index contributed by atoms with van der Waals surface area (Å²) in [4.78, 5) is 33.4. The lowest BCUT2D eigenvalue weighted by Crippen LogP contribution is -2.28. The maximum atomic E-state index is 13.3. The normalized spacial score (nSPS) is 12.9. The third-order valence-electron chi connectivity index (χ3n) is 5.86. The number of halogens is 1. The molecular formula is C26H19ClN4O4. The van der Waals surface area contributed by atoms with Gasteiger partial charge in [0.15, 0.2) is 0 Å². The maximum Gasteiger partial charge on any atom is 0.335 e. The van der Waals surface area contributed by atoms with Gasteiger partial charge in [0.1, 0.15) is 29.9 Å². The summed E-state index contributed by atoms with van der Waals surface area (Å²) in [7, 11) is 0. The molecule has 1 fully saturated rings. The quantitative estimate of drug-likeness (QED) is 0.404. The Hall–Kier alpha value is -4.22. The molecule has 0 saturated heterocycles. The van der Waals surface area contributed by atoms with Crippen LogP contribution in [0.4, 0.5) is 0 Å². The van der Waals surface area contributed by atoms with Crippen molar-refractivity contribution in [3.05, 3.63) is 87.2 Å². The molecule has 0 radical (unpaired) electrons. The number of hydrogen-bond acceptors (Lipinski definition) is 6. The van der Waals surface area contributed by atoms with Crippen molar-refractivity contribution in [1.82, 2.24) is 14.5 Å². The number of rotatable bonds is 7. The monoisotopic (exact) mass is 486 g/mol.